The fraction of sp³-hybridized carbons (Fsp3) is 0.167. The number of fused-ring (bicyclic) bond motifs is 1. The lowest BCUT2D eigenvalue weighted by molar-refractivity contribution is -0.123. The number of hydrogen-bond acceptors (Lipinski definition) is 7. The molecule has 0 aliphatic carbocycles. The molecular formula is C30H25N3O3S2. The van der Waals surface area contributed by atoms with Gasteiger partial charge in [0, 0.05) is 22.6 Å². The number of thioether (sulfide) groups is 2. The Morgan fingerprint density at radius 1 is 0.974 bits per heavy atom. The first-order valence-electron chi connectivity index (χ1n) is 12.1. The van der Waals surface area contributed by atoms with Crippen LogP contribution in [-0.2, 0) is 11.4 Å². The number of carbonyl (C=O) groups is 1. The summed E-state index contributed by atoms with van der Waals surface area (Å²) in [7, 11) is 0. The van der Waals surface area contributed by atoms with Gasteiger partial charge in [-0.3, -0.25) is 4.79 Å². The summed E-state index contributed by atoms with van der Waals surface area (Å²) in [5, 5.41) is 15.5. The predicted octanol–water partition coefficient (Wildman–Crippen LogP) is 6.30. The van der Waals surface area contributed by atoms with Crippen molar-refractivity contribution in [2.24, 2.45) is 5.10 Å². The summed E-state index contributed by atoms with van der Waals surface area (Å²) in [5.74, 6) is 3.23. The Hall–Kier alpha value is -3.93. The molecule has 1 amide bonds. The van der Waals surface area contributed by atoms with Crippen molar-refractivity contribution < 1.29 is 14.3 Å². The zero-order valence-corrected chi connectivity index (χ0v) is 22.1. The maximum atomic E-state index is 12.4. The second kappa shape index (κ2) is 12.5. The summed E-state index contributed by atoms with van der Waals surface area (Å²) in [6.07, 6.45) is 1.58. The number of hydrogen-bond donors (Lipinski definition) is 1. The van der Waals surface area contributed by atoms with Crippen molar-refractivity contribution in [1.29, 1.82) is 5.26 Å². The summed E-state index contributed by atoms with van der Waals surface area (Å²) in [5.41, 5.74) is 5.91. The number of nitrogens with zero attached hydrogens (tertiary/aromatic N) is 2. The van der Waals surface area contributed by atoms with E-state index in [9.17, 15) is 10.1 Å². The third-order valence-electron chi connectivity index (χ3n) is 5.98. The van der Waals surface area contributed by atoms with E-state index >= 15 is 0 Å². The van der Waals surface area contributed by atoms with Gasteiger partial charge in [-0.05, 0) is 40.6 Å². The monoisotopic (exact) mass is 539 g/mol. The van der Waals surface area contributed by atoms with Gasteiger partial charge in [0.15, 0.2) is 6.61 Å². The molecule has 190 valence electrons. The Labute approximate surface area is 230 Å². The van der Waals surface area contributed by atoms with Crippen molar-refractivity contribution in [1.82, 2.24) is 5.43 Å². The molecule has 1 saturated heterocycles. The molecule has 8 heteroatoms. The highest BCUT2D eigenvalue weighted by atomic mass is 32.2. The summed E-state index contributed by atoms with van der Waals surface area (Å²) in [6, 6.07) is 29.2. The Kier molecular flexibility index (Phi) is 8.49. The number of ether oxygens (including phenoxy) is 2. The van der Waals surface area contributed by atoms with Gasteiger partial charge in [0.1, 0.15) is 18.1 Å². The van der Waals surface area contributed by atoms with E-state index in [1.165, 1.54) is 17.1 Å². The van der Waals surface area contributed by atoms with E-state index in [1.807, 2.05) is 90.3 Å². The van der Waals surface area contributed by atoms with Crippen molar-refractivity contribution in [3.05, 3.63) is 107 Å². The molecule has 1 N–H and O–H groups in total. The van der Waals surface area contributed by atoms with Gasteiger partial charge < -0.3 is 9.47 Å². The van der Waals surface area contributed by atoms with Crippen molar-refractivity contribution in [2.75, 3.05) is 18.1 Å². The third kappa shape index (κ3) is 6.31. The normalized spacial score (nSPS) is 13.4. The smallest absolute Gasteiger partial charge is 0.277 e. The number of nitrogens with one attached hydrogen (secondary N) is 1. The molecule has 5 rings (SSSR count). The summed E-state index contributed by atoms with van der Waals surface area (Å²) in [6.45, 7) is 0.0908. The lowest BCUT2D eigenvalue weighted by atomic mass is 10.0. The van der Waals surface area contributed by atoms with Crippen LogP contribution in [0.2, 0.25) is 0 Å². The minimum absolute atomic E-state index is 0.145. The minimum atomic E-state index is -0.363. The highest BCUT2D eigenvalue weighted by molar-refractivity contribution is 8.19. The van der Waals surface area contributed by atoms with Crippen molar-refractivity contribution >= 4 is 46.4 Å². The standard InChI is InChI=1S/C30H25N3O3S2/c31-17-23-6-1-2-7-24(23)19-36-28-14-11-21-5-3-4-8-26(21)27(28)18-32-33-29(34)20-35-25-12-9-22(10-13-25)30-37-15-16-38-30/h1-14,18,30H,15-16,19-20H2,(H,33,34)/b32-18-. The van der Waals surface area contributed by atoms with E-state index in [0.29, 0.717) is 21.6 Å². The SMILES string of the molecule is N#Cc1ccccc1COc1ccc2ccccc2c1/C=N\NC(=O)COc1ccc(C2SCCS2)cc1. The van der Waals surface area contributed by atoms with Crippen LogP contribution in [0.4, 0.5) is 0 Å². The van der Waals surface area contributed by atoms with Gasteiger partial charge >= 0.3 is 0 Å². The second-order valence-electron chi connectivity index (χ2n) is 8.48. The molecule has 0 unspecified atom stereocenters. The van der Waals surface area contributed by atoms with Gasteiger partial charge in [0.2, 0.25) is 0 Å². The molecule has 38 heavy (non-hydrogen) atoms. The molecule has 0 atom stereocenters. The fourth-order valence-electron chi connectivity index (χ4n) is 4.07. The van der Waals surface area contributed by atoms with Gasteiger partial charge in [0.05, 0.1) is 22.4 Å². The number of nitriles is 1. The van der Waals surface area contributed by atoms with Gasteiger partial charge in [0.25, 0.3) is 5.91 Å². The van der Waals surface area contributed by atoms with Crippen molar-refractivity contribution in [3.8, 4) is 17.6 Å². The van der Waals surface area contributed by atoms with E-state index in [1.54, 1.807) is 12.3 Å². The van der Waals surface area contributed by atoms with E-state index < -0.39 is 0 Å². The fourth-order valence-corrected chi connectivity index (χ4v) is 6.93. The molecule has 1 aliphatic rings. The topological polar surface area (TPSA) is 83.7 Å². The van der Waals surface area contributed by atoms with Crippen LogP contribution in [0.5, 0.6) is 11.5 Å². The van der Waals surface area contributed by atoms with Gasteiger partial charge in [-0.2, -0.15) is 10.4 Å². The quantitative estimate of drug-likeness (QED) is 0.199. The Bertz CT molecular complexity index is 1490. The predicted molar refractivity (Wildman–Crippen MR) is 155 cm³/mol. The highest BCUT2D eigenvalue weighted by Gasteiger charge is 2.18. The van der Waals surface area contributed by atoms with E-state index in [-0.39, 0.29) is 19.1 Å². The zero-order chi connectivity index (χ0) is 26.2. The third-order valence-corrected chi connectivity index (χ3v) is 9.08. The molecule has 0 saturated carbocycles. The highest BCUT2D eigenvalue weighted by Crippen LogP contribution is 2.45. The van der Waals surface area contributed by atoms with Gasteiger partial charge in [-0.1, -0.05) is 60.7 Å². The molecule has 0 aromatic heterocycles. The summed E-state index contributed by atoms with van der Waals surface area (Å²) < 4.78 is 12.2. The van der Waals surface area contributed by atoms with E-state index in [2.05, 4.69) is 28.7 Å². The molecule has 1 fully saturated rings. The average molecular weight is 540 g/mol. The average Bonchev–Trinajstić information content (AvgIpc) is 3.51. The lowest BCUT2D eigenvalue weighted by Gasteiger charge is -2.12. The van der Waals surface area contributed by atoms with Crippen LogP contribution in [-0.4, -0.2) is 30.2 Å². The molecule has 4 aromatic rings. The largest absolute Gasteiger partial charge is 0.488 e. The van der Waals surface area contributed by atoms with Crippen LogP contribution < -0.4 is 14.9 Å². The molecule has 0 spiro atoms. The number of hydrazone groups is 1. The number of benzene rings is 4. The first kappa shape index (κ1) is 25.7. The van der Waals surface area contributed by atoms with Crippen LogP contribution in [0.15, 0.2) is 90.0 Å². The molecule has 4 aromatic carbocycles. The zero-order valence-electron chi connectivity index (χ0n) is 20.5. The number of amides is 1. The Morgan fingerprint density at radius 2 is 1.74 bits per heavy atom. The summed E-state index contributed by atoms with van der Waals surface area (Å²) >= 11 is 3.90. The number of carbonyl (C=O) groups excluding carboxylic acids is 1. The van der Waals surface area contributed by atoms with Crippen LogP contribution in [0, 0.1) is 11.3 Å². The summed E-state index contributed by atoms with van der Waals surface area (Å²) in [4.78, 5) is 12.4. The number of rotatable bonds is 9. The molecule has 0 bridgehead atoms. The van der Waals surface area contributed by atoms with Crippen LogP contribution in [0.1, 0.15) is 26.8 Å². The second-order valence-corrected chi connectivity index (χ2v) is 11.2. The molecule has 0 radical (unpaired) electrons. The minimum Gasteiger partial charge on any atom is -0.488 e. The van der Waals surface area contributed by atoms with Crippen LogP contribution >= 0.6 is 23.5 Å². The van der Waals surface area contributed by atoms with Gasteiger partial charge in [-0.15, -0.1) is 23.5 Å². The molecular weight excluding hydrogens is 514 g/mol. The maximum Gasteiger partial charge on any atom is 0.277 e. The van der Waals surface area contributed by atoms with Crippen molar-refractivity contribution in [2.45, 2.75) is 11.2 Å². The van der Waals surface area contributed by atoms with Crippen LogP contribution in [0.25, 0.3) is 10.8 Å². The van der Waals surface area contributed by atoms with E-state index in [0.717, 1.165) is 21.9 Å². The Morgan fingerprint density at radius 3 is 2.55 bits per heavy atom. The maximum absolute atomic E-state index is 12.4. The van der Waals surface area contributed by atoms with Gasteiger partial charge in [-0.25, -0.2) is 5.43 Å². The first-order valence-corrected chi connectivity index (χ1v) is 14.2. The Balaban J connectivity index is 1.23. The van der Waals surface area contributed by atoms with Crippen molar-refractivity contribution in [3.63, 3.8) is 0 Å². The first-order chi connectivity index (χ1) is 18.7. The molecule has 1 aliphatic heterocycles. The van der Waals surface area contributed by atoms with Crippen LogP contribution in [0.3, 0.4) is 0 Å². The lowest BCUT2D eigenvalue weighted by Crippen LogP contribution is -2.24. The molecule has 1 heterocycles. The van der Waals surface area contributed by atoms with E-state index in [4.69, 9.17) is 9.47 Å². The molecule has 6 nitrogen and oxygen atoms in total.